The zero-order valence-corrected chi connectivity index (χ0v) is 11.6. The fourth-order valence-electron chi connectivity index (χ4n) is 1.60. The van der Waals surface area contributed by atoms with E-state index in [1.54, 1.807) is 12.1 Å². The van der Waals surface area contributed by atoms with Crippen molar-refractivity contribution in [1.82, 2.24) is 0 Å². The number of hydrogen-bond donors (Lipinski definition) is 2. The third kappa shape index (κ3) is 6.66. The number of carbonyl (C=O) groups excluding carboxylic acids is 1. The van der Waals surface area contributed by atoms with Gasteiger partial charge in [-0.15, -0.1) is 10.1 Å². The molecule has 0 aliphatic rings. The molecule has 0 bridgehead atoms. The monoisotopic (exact) mass is 312 g/mol. The minimum absolute atomic E-state index is 0.00772. The number of aliphatic carboxylic acids is 1. The SMILES string of the molecule is NC(CC(=O)O)C(=O)Oc1ccc(CCCO[N+](=O)[O-])cc1. The predicted molar refractivity (Wildman–Crippen MR) is 73.6 cm³/mol. The van der Waals surface area contributed by atoms with Gasteiger partial charge in [-0.2, -0.15) is 0 Å². The number of hydrogen-bond acceptors (Lipinski definition) is 7. The van der Waals surface area contributed by atoms with Gasteiger partial charge in [-0.05, 0) is 30.5 Å². The number of nitrogens with two attached hydrogens (primary N) is 1. The second kappa shape index (κ2) is 8.57. The van der Waals surface area contributed by atoms with Gasteiger partial charge in [0.25, 0.3) is 5.09 Å². The van der Waals surface area contributed by atoms with Gasteiger partial charge in [0.2, 0.25) is 0 Å². The molecule has 0 saturated heterocycles. The first kappa shape index (κ1) is 17.4. The maximum atomic E-state index is 11.5. The number of nitrogens with zero attached hydrogens (tertiary/aromatic N) is 1. The Morgan fingerprint density at radius 1 is 1.32 bits per heavy atom. The first-order valence-electron chi connectivity index (χ1n) is 6.44. The first-order chi connectivity index (χ1) is 10.4. The maximum absolute atomic E-state index is 11.5. The van der Waals surface area contributed by atoms with Crippen molar-refractivity contribution in [2.24, 2.45) is 5.73 Å². The molecule has 0 aliphatic heterocycles. The highest BCUT2D eigenvalue weighted by atomic mass is 16.9. The van der Waals surface area contributed by atoms with E-state index in [0.717, 1.165) is 5.56 Å². The number of carboxylic acids is 1. The van der Waals surface area contributed by atoms with Crippen LogP contribution in [0.15, 0.2) is 24.3 Å². The normalized spacial score (nSPS) is 11.5. The number of ether oxygens (including phenoxy) is 1. The van der Waals surface area contributed by atoms with E-state index in [0.29, 0.717) is 12.8 Å². The van der Waals surface area contributed by atoms with E-state index < -0.39 is 29.5 Å². The zero-order chi connectivity index (χ0) is 16.5. The molecule has 1 unspecified atom stereocenters. The van der Waals surface area contributed by atoms with E-state index in [1.165, 1.54) is 12.1 Å². The maximum Gasteiger partial charge on any atom is 0.328 e. The third-order valence-electron chi connectivity index (χ3n) is 2.65. The lowest BCUT2D eigenvalue weighted by Crippen LogP contribution is -2.36. The smallest absolute Gasteiger partial charge is 0.328 e. The molecule has 1 aromatic rings. The minimum Gasteiger partial charge on any atom is -0.481 e. The minimum atomic E-state index is -1.23. The molecule has 9 heteroatoms. The average Bonchev–Trinajstić information content (AvgIpc) is 2.44. The predicted octanol–water partition coefficient (Wildman–Crippen LogP) is 0.535. The molecule has 1 atom stereocenters. The summed E-state index contributed by atoms with van der Waals surface area (Å²) in [5.74, 6) is -1.76. The highest BCUT2D eigenvalue weighted by Crippen LogP contribution is 2.14. The number of carboxylic acid groups (broad SMARTS) is 1. The Labute approximate surface area is 125 Å². The van der Waals surface area contributed by atoms with Gasteiger partial charge in [0.1, 0.15) is 11.8 Å². The summed E-state index contributed by atoms with van der Waals surface area (Å²) < 4.78 is 4.95. The summed E-state index contributed by atoms with van der Waals surface area (Å²) in [4.78, 5) is 36.1. The summed E-state index contributed by atoms with van der Waals surface area (Å²) in [6, 6.07) is 5.23. The van der Waals surface area contributed by atoms with Crippen LogP contribution >= 0.6 is 0 Å². The van der Waals surface area contributed by atoms with Gasteiger partial charge in [-0.1, -0.05) is 12.1 Å². The number of aryl methyl sites for hydroxylation is 1. The first-order valence-corrected chi connectivity index (χ1v) is 6.44. The largest absolute Gasteiger partial charge is 0.481 e. The summed E-state index contributed by atoms with van der Waals surface area (Å²) in [6.07, 6.45) is 0.539. The highest BCUT2D eigenvalue weighted by molar-refractivity contribution is 5.83. The van der Waals surface area contributed by atoms with E-state index in [9.17, 15) is 19.7 Å². The number of benzene rings is 1. The van der Waals surface area contributed by atoms with Crippen LogP contribution in [0.5, 0.6) is 5.75 Å². The highest BCUT2D eigenvalue weighted by Gasteiger charge is 2.19. The lowest BCUT2D eigenvalue weighted by Gasteiger charge is -2.09. The van der Waals surface area contributed by atoms with E-state index in [2.05, 4.69) is 4.84 Å². The molecule has 0 aromatic heterocycles. The van der Waals surface area contributed by atoms with Gasteiger partial charge in [0.05, 0.1) is 13.0 Å². The molecule has 0 fully saturated rings. The van der Waals surface area contributed by atoms with Crippen molar-refractivity contribution in [1.29, 1.82) is 0 Å². The Bertz CT molecular complexity index is 530. The van der Waals surface area contributed by atoms with Gasteiger partial charge in [-0.3, -0.25) is 4.79 Å². The molecule has 0 saturated carbocycles. The molecule has 1 aromatic carbocycles. The van der Waals surface area contributed by atoms with Crippen LogP contribution in [-0.4, -0.2) is 34.8 Å². The van der Waals surface area contributed by atoms with Crippen LogP contribution in [0, 0.1) is 10.1 Å². The van der Waals surface area contributed by atoms with E-state index in [4.69, 9.17) is 15.6 Å². The molecule has 120 valence electrons. The summed E-state index contributed by atoms with van der Waals surface area (Å²) in [5.41, 5.74) is 6.27. The molecule has 0 radical (unpaired) electrons. The second-order valence-electron chi connectivity index (χ2n) is 4.43. The molecule has 0 amide bonds. The molecule has 0 spiro atoms. The Kier molecular flexibility index (Phi) is 6.77. The fourth-order valence-corrected chi connectivity index (χ4v) is 1.60. The van der Waals surface area contributed by atoms with Crippen molar-refractivity contribution >= 4 is 11.9 Å². The van der Waals surface area contributed by atoms with Crippen molar-refractivity contribution in [2.45, 2.75) is 25.3 Å². The van der Waals surface area contributed by atoms with Crippen LogP contribution in [0.3, 0.4) is 0 Å². The zero-order valence-electron chi connectivity index (χ0n) is 11.6. The van der Waals surface area contributed by atoms with Crippen LogP contribution < -0.4 is 10.5 Å². The van der Waals surface area contributed by atoms with Gasteiger partial charge < -0.3 is 20.4 Å². The summed E-state index contributed by atoms with van der Waals surface area (Å²) in [5, 5.41) is 17.7. The standard InChI is InChI=1S/C13H16N2O7/c14-11(8-12(16)17)13(18)22-10-5-3-9(4-6-10)2-1-7-21-15(19)20/h3-6,11H,1-2,7-8,14H2,(H,16,17). The Hall–Kier alpha value is -2.68. The van der Waals surface area contributed by atoms with Crippen LogP contribution in [0.4, 0.5) is 0 Å². The van der Waals surface area contributed by atoms with Crippen LogP contribution in [-0.2, 0) is 20.8 Å². The van der Waals surface area contributed by atoms with Gasteiger partial charge in [-0.25, -0.2) is 4.79 Å². The Morgan fingerprint density at radius 3 is 2.50 bits per heavy atom. The summed E-state index contributed by atoms with van der Waals surface area (Å²) >= 11 is 0. The van der Waals surface area contributed by atoms with Crippen LogP contribution in [0.25, 0.3) is 0 Å². The van der Waals surface area contributed by atoms with Crippen LogP contribution in [0.1, 0.15) is 18.4 Å². The lowest BCUT2D eigenvalue weighted by molar-refractivity contribution is -0.757. The third-order valence-corrected chi connectivity index (χ3v) is 2.65. The number of carbonyl (C=O) groups is 2. The molecular formula is C13H16N2O7. The van der Waals surface area contributed by atoms with Crippen molar-refractivity contribution in [2.75, 3.05) is 6.61 Å². The van der Waals surface area contributed by atoms with Gasteiger partial charge in [0, 0.05) is 0 Å². The fraction of sp³-hybridized carbons (Fsp3) is 0.385. The Morgan fingerprint density at radius 2 is 1.95 bits per heavy atom. The summed E-state index contributed by atoms with van der Waals surface area (Å²) in [7, 11) is 0. The second-order valence-corrected chi connectivity index (χ2v) is 4.43. The quantitative estimate of drug-likeness (QED) is 0.221. The molecule has 3 N–H and O–H groups in total. The summed E-state index contributed by atoms with van der Waals surface area (Å²) in [6.45, 7) is 0.00772. The molecule has 22 heavy (non-hydrogen) atoms. The number of rotatable bonds is 9. The Balaban J connectivity index is 2.42. The lowest BCUT2D eigenvalue weighted by atomic mass is 10.1. The van der Waals surface area contributed by atoms with Gasteiger partial charge >= 0.3 is 11.9 Å². The van der Waals surface area contributed by atoms with E-state index in [1.807, 2.05) is 0 Å². The van der Waals surface area contributed by atoms with Crippen molar-refractivity contribution in [3.63, 3.8) is 0 Å². The van der Waals surface area contributed by atoms with E-state index in [-0.39, 0.29) is 12.4 Å². The van der Waals surface area contributed by atoms with Crippen LogP contribution in [0.2, 0.25) is 0 Å². The van der Waals surface area contributed by atoms with Crippen molar-refractivity contribution in [3.05, 3.63) is 39.9 Å². The van der Waals surface area contributed by atoms with Crippen molar-refractivity contribution < 1.29 is 29.4 Å². The molecule has 9 nitrogen and oxygen atoms in total. The van der Waals surface area contributed by atoms with E-state index >= 15 is 0 Å². The topological polar surface area (TPSA) is 142 Å². The molecular weight excluding hydrogens is 296 g/mol. The number of esters is 1. The molecule has 0 heterocycles. The molecule has 1 rings (SSSR count). The van der Waals surface area contributed by atoms with Gasteiger partial charge in [0.15, 0.2) is 0 Å². The molecule has 0 aliphatic carbocycles. The average molecular weight is 312 g/mol. The van der Waals surface area contributed by atoms with Crippen molar-refractivity contribution in [3.8, 4) is 5.75 Å².